The van der Waals surface area contributed by atoms with Gasteiger partial charge in [-0.25, -0.2) is 9.78 Å². The van der Waals surface area contributed by atoms with Crippen molar-refractivity contribution >= 4 is 57.7 Å². The molecule has 0 atom stereocenters. The van der Waals surface area contributed by atoms with Gasteiger partial charge in [0.15, 0.2) is 10.6 Å². The van der Waals surface area contributed by atoms with E-state index in [0.29, 0.717) is 19.8 Å². The summed E-state index contributed by atoms with van der Waals surface area (Å²) in [6.45, 7) is 4.51. The smallest absolute Gasteiger partial charge is 0.347 e. The monoisotopic (exact) mass is 548 g/mol. The number of aliphatic carboxylic acids is 1. The van der Waals surface area contributed by atoms with E-state index in [1.54, 1.807) is 30.3 Å². The van der Waals surface area contributed by atoms with Gasteiger partial charge in [-0.1, -0.05) is 23.7 Å². The summed E-state index contributed by atoms with van der Waals surface area (Å²) >= 11 is 8.42. The maximum absolute atomic E-state index is 13.2. The molecule has 3 heterocycles. The molecule has 4 rings (SSSR count). The van der Waals surface area contributed by atoms with Gasteiger partial charge in [0.25, 0.3) is 11.8 Å². The second-order valence-corrected chi connectivity index (χ2v) is 11.6. The minimum Gasteiger partial charge on any atom is -0.478 e. The van der Waals surface area contributed by atoms with Gasteiger partial charge in [-0.05, 0) is 44.7 Å². The summed E-state index contributed by atoms with van der Waals surface area (Å²) in [5, 5.41) is 15.5. The first kappa shape index (κ1) is 26.1. The molecule has 0 bridgehead atoms. The first-order valence-electron chi connectivity index (χ1n) is 11.1. The SMILES string of the molecule is CN1CCc2nc(C(=O)Nc3c(CNC(=O)c4ccc(Cl)s4)cccc3OC(C)(C)C(=O)O)sc2C1. The van der Waals surface area contributed by atoms with Crippen LogP contribution in [0, 0.1) is 0 Å². The van der Waals surface area contributed by atoms with Gasteiger partial charge in [0, 0.05) is 30.9 Å². The van der Waals surface area contributed by atoms with E-state index < -0.39 is 17.5 Å². The molecule has 2 amide bonds. The van der Waals surface area contributed by atoms with Crippen molar-refractivity contribution in [3.8, 4) is 5.75 Å². The van der Waals surface area contributed by atoms with Crippen LogP contribution in [-0.4, -0.2) is 52.0 Å². The van der Waals surface area contributed by atoms with Crippen molar-refractivity contribution in [2.45, 2.75) is 39.0 Å². The molecule has 2 aromatic heterocycles. The molecule has 9 nitrogen and oxygen atoms in total. The molecule has 3 aromatic rings. The Morgan fingerprint density at radius 1 is 1.19 bits per heavy atom. The van der Waals surface area contributed by atoms with E-state index in [1.807, 2.05) is 7.05 Å². The predicted molar refractivity (Wildman–Crippen MR) is 139 cm³/mol. The second kappa shape index (κ2) is 10.6. The Morgan fingerprint density at radius 3 is 2.67 bits per heavy atom. The van der Waals surface area contributed by atoms with Crippen molar-refractivity contribution in [1.29, 1.82) is 0 Å². The molecule has 0 fully saturated rings. The van der Waals surface area contributed by atoms with Gasteiger partial charge in [-0.3, -0.25) is 9.59 Å². The Balaban J connectivity index is 1.61. The summed E-state index contributed by atoms with van der Waals surface area (Å²) < 4.78 is 6.29. The number of carbonyl (C=O) groups excluding carboxylic acids is 2. The van der Waals surface area contributed by atoms with E-state index in [4.69, 9.17) is 16.3 Å². The Bertz CT molecular complexity index is 1320. The third-order valence-corrected chi connectivity index (χ3v) is 7.90. The molecule has 1 aromatic carbocycles. The van der Waals surface area contributed by atoms with Crippen LogP contribution in [0.5, 0.6) is 5.75 Å². The number of benzene rings is 1. The van der Waals surface area contributed by atoms with Crippen LogP contribution in [0.15, 0.2) is 30.3 Å². The quantitative estimate of drug-likeness (QED) is 0.384. The van der Waals surface area contributed by atoms with Crippen LogP contribution < -0.4 is 15.4 Å². The number of hydrogen-bond acceptors (Lipinski definition) is 8. The van der Waals surface area contributed by atoms with E-state index in [9.17, 15) is 19.5 Å². The van der Waals surface area contributed by atoms with Crippen molar-refractivity contribution in [2.75, 3.05) is 18.9 Å². The number of aromatic nitrogens is 1. The highest BCUT2D eigenvalue weighted by molar-refractivity contribution is 7.18. The van der Waals surface area contributed by atoms with Crippen LogP contribution in [0.4, 0.5) is 5.69 Å². The molecule has 0 saturated carbocycles. The fourth-order valence-electron chi connectivity index (χ4n) is 3.56. The molecule has 0 radical (unpaired) electrons. The third-order valence-electron chi connectivity index (χ3n) is 5.58. The largest absolute Gasteiger partial charge is 0.478 e. The normalized spacial score (nSPS) is 13.7. The molecule has 36 heavy (non-hydrogen) atoms. The van der Waals surface area contributed by atoms with Gasteiger partial charge in [0.2, 0.25) is 0 Å². The Labute approximate surface area is 221 Å². The third kappa shape index (κ3) is 5.86. The summed E-state index contributed by atoms with van der Waals surface area (Å²) in [5.41, 5.74) is 0.174. The van der Waals surface area contributed by atoms with Crippen LogP contribution in [0.25, 0.3) is 0 Å². The number of carbonyl (C=O) groups is 3. The number of para-hydroxylation sites is 1. The lowest BCUT2D eigenvalue weighted by atomic mass is 10.1. The summed E-state index contributed by atoms with van der Waals surface area (Å²) in [6, 6.07) is 8.23. The second-order valence-electron chi connectivity index (χ2n) is 8.83. The number of halogens is 1. The number of hydrogen-bond donors (Lipinski definition) is 3. The van der Waals surface area contributed by atoms with Gasteiger partial charge in [-0.15, -0.1) is 22.7 Å². The molecule has 1 aliphatic heterocycles. The Hall–Kier alpha value is -2.99. The highest BCUT2D eigenvalue weighted by atomic mass is 35.5. The average Bonchev–Trinajstić information content (AvgIpc) is 3.44. The number of ether oxygens (including phenoxy) is 1. The standard InChI is InChI=1S/C24H25ClN4O5S2/c1-24(2,23(32)33)34-15-6-4-5-13(11-26-20(30)16-7-8-18(25)35-16)19(15)28-21(31)22-27-14-9-10-29(3)12-17(14)36-22/h4-8H,9-12H2,1-3H3,(H,26,30)(H,28,31)(H,32,33). The minimum absolute atomic E-state index is 0.0633. The van der Waals surface area contributed by atoms with Gasteiger partial charge < -0.3 is 25.4 Å². The summed E-state index contributed by atoms with van der Waals surface area (Å²) in [5.74, 6) is -1.75. The van der Waals surface area contributed by atoms with Gasteiger partial charge in [0.1, 0.15) is 5.75 Å². The predicted octanol–water partition coefficient (Wildman–Crippen LogP) is 4.27. The molecule has 190 valence electrons. The molecule has 0 saturated heterocycles. The van der Waals surface area contributed by atoms with Crippen molar-refractivity contribution < 1.29 is 24.2 Å². The molecular weight excluding hydrogens is 524 g/mol. The molecule has 0 spiro atoms. The number of rotatable bonds is 8. The van der Waals surface area contributed by atoms with Crippen LogP contribution in [0.1, 0.15) is 49.5 Å². The summed E-state index contributed by atoms with van der Waals surface area (Å²) in [7, 11) is 2.02. The molecule has 3 N–H and O–H groups in total. The molecule has 0 unspecified atom stereocenters. The number of thiophene rings is 1. The molecular formula is C24H25ClN4O5S2. The molecule has 12 heteroatoms. The number of nitrogens with one attached hydrogen (secondary N) is 2. The van der Waals surface area contributed by atoms with Crippen molar-refractivity contribution in [3.63, 3.8) is 0 Å². The maximum Gasteiger partial charge on any atom is 0.347 e. The molecule has 1 aliphatic rings. The number of thiazole rings is 1. The first-order valence-corrected chi connectivity index (χ1v) is 13.1. The lowest BCUT2D eigenvalue weighted by molar-refractivity contribution is -0.152. The molecule has 0 aliphatic carbocycles. The number of nitrogens with zero attached hydrogens (tertiary/aromatic N) is 2. The summed E-state index contributed by atoms with van der Waals surface area (Å²) in [4.78, 5) is 45.7. The first-order chi connectivity index (χ1) is 17.0. The Kier molecular flexibility index (Phi) is 7.65. The van der Waals surface area contributed by atoms with Crippen molar-refractivity contribution in [3.05, 3.63) is 60.7 Å². The van der Waals surface area contributed by atoms with Crippen LogP contribution in [0.3, 0.4) is 0 Å². The highest BCUT2D eigenvalue weighted by Gasteiger charge is 2.31. The Morgan fingerprint density at radius 2 is 1.97 bits per heavy atom. The van der Waals surface area contributed by atoms with E-state index in [1.165, 1.54) is 25.2 Å². The van der Waals surface area contributed by atoms with Gasteiger partial charge in [-0.2, -0.15) is 0 Å². The summed E-state index contributed by atoms with van der Waals surface area (Å²) in [6.07, 6.45) is 0.770. The van der Waals surface area contributed by atoms with E-state index in [-0.39, 0.29) is 23.9 Å². The number of fused-ring (bicyclic) bond motifs is 1. The van der Waals surface area contributed by atoms with Gasteiger partial charge >= 0.3 is 5.97 Å². The topological polar surface area (TPSA) is 121 Å². The zero-order valence-electron chi connectivity index (χ0n) is 19.9. The van der Waals surface area contributed by atoms with Crippen LogP contribution in [0.2, 0.25) is 4.34 Å². The minimum atomic E-state index is -1.56. The van der Waals surface area contributed by atoms with E-state index in [2.05, 4.69) is 20.5 Å². The number of amides is 2. The van der Waals surface area contributed by atoms with E-state index >= 15 is 0 Å². The van der Waals surface area contributed by atoms with Crippen molar-refractivity contribution in [1.82, 2.24) is 15.2 Å². The zero-order chi connectivity index (χ0) is 26.0. The number of carboxylic acid groups (broad SMARTS) is 1. The number of anilines is 1. The van der Waals surface area contributed by atoms with Crippen molar-refractivity contribution in [2.24, 2.45) is 0 Å². The van der Waals surface area contributed by atoms with Crippen LogP contribution >= 0.6 is 34.3 Å². The van der Waals surface area contributed by atoms with Gasteiger partial charge in [0.05, 0.1) is 20.6 Å². The lowest BCUT2D eigenvalue weighted by Crippen LogP contribution is -2.38. The highest BCUT2D eigenvalue weighted by Crippen LogP contribution is 2.33. The maximum atomic E-state index is 13.2. The zero-order valence-corrected chi connectivity index (χ0v) is 22.3. The average molecular weight is 549 g/mol. The number of likely N-dealkylation sites (N-methyl/N-ethyl adjacent to an activating group) is 1. The van der Waals surface area contributed by atoms with Crippen LogP contribution in [-0.2, 0) is 24.3 Å². The fraction of sp³-hybridized carbons (Fsp3) is 0.333. The number of carboxylic acids is 1. The lowest BCUT2D eigenvalue weighted by Gasteiger charge is -2.24. The van der Waals surface area contributed by atoms with E-state index in [0.717, 1.165) is 41.4 Å². The fourth-order valence-corrected chi connectivity index (χ4v) is 5.60.